The third-order valence-electron chi connectivity index (χ3n) is 3.36. The van der Waals surface area contributed by atoms with E-state index in [0.29, 0.717) is 12.3 Å². The van der Waals surface area contributed by atoms with Crippen molar-refractivity contribution in [2.45, 2.75) is 36.3 Å². The Hall–Kier alpha value is -1.74. The Morgan fingerprint density at radius 3 is 2.19 bits per heavy atom. The molecule has 2 nitrogen and oxygen atoms in total. The van der Waals surface area contributed by atoms with Gasteiger partial charge in [0.1, 0.15) is 5.25 Å². The number of hydrogen-bond acceptors (Lipinski definition) is 2. The summed E-state index contributed by atoms with van der Waals surface area (Å²) >= 11 is 1.40. The summed E-state index contributed by atoms with van der Waals surface area (Å²) in [5.74, 6) is -0.273. The summed E-state index contributed by atoms with van der Waals surface area (Å²) in [6.45, 7) is 4.31. The lowest BCUT2D eigenvalue weighted by Gasteiger charge is -2.13. The molecule has 21 heavy (non-hydrogen) atoms. The van der Waals surface area contributed by atoms with Crippen LogP contribution in [0.3, 0.4) is 0 Å². The molecule has 0 unspecified atom stereocenters. The third kappa shape index (κ3) is 4.64. The molecule has 0 saturated heterocycles. The zero-order valence-electron chi connectivity index (χ0n) is 12.3. The van der Waals surface area contributed by atoms with Crippen LogP contribution in [0.4, 0.5) is 0 Å². The van der Waals surface area contributed by atoms with Gasteiger partial charge in [-0.1, -0.05) is 56.3 Å². The fourth-order valence-electron chi connectivity index (χ4n) is 2.10. The van der Waals surface area contributed by atoms with Gasteiger partial charge in [0.2, 0.25) is 0 Å². The maximum Gasteiger partial charge on any atom is 0.317 e. The minimum Gasteiger partial charge on any atom is -0.480 e. The van der Waals surface area contributed by atoms with Crippen molar-refractivity contribution in [2.75, 3.05) is 0 Å². The van der Waals surface area contributed by atoms with Crippen molar-refractivity contribution in [3.05, 3.63) is 65.7 Å². The molecule has 2 aromatic rings. The van der Waals surface area contributed by atoms with Crippen molar-refractivity contribution in [3.8, 4) is 0 Å². The monoisotopic (exact) mass is 300 g/mol. The number of aliphatic carboxylic acids is 1. The lowest BCUT2D eigenvalue weighted by Crippen LogP contribution is -2.19. The highest BCUT2D eigenvalue weighted by Crippen LogP contribution is 2.26. The first kappa shape index (κ1) is 15.6. The lowest BCUT2D eigenvalue weighted by molar-refractivity contribution is -0.136. The van der Waals surface area contributed by atoms with E-state index in [9.17, 15) is 9.90 Å². The van der Waals surface area contributed by atoms with E-state index < -0.39 is 11.2 Å². The first-order valence-corrected chi connectivity index (χ1v) is 7.97. The molecule has 2 aromatic carbocycles. The van der Waals surface area contributed by atoms with Gasteiger partial charge < -0.3 is 5.11 Å². The first-order chi connectivity index (χ1) is 10.1. The van der Waals surface area contributed by atoms with Crippen LogP contribution < -0.4 is 0 Å². The molecule has 0 aromatic heterocycles. The molecule has 0 saturated carbocycles. The number of carbonyl (C=O) groups is 1. The molecule has 1 atom stereocenters. The second-order valence-electron chi connectivity index (χ2n) is 5.36. The molecule has 0 spiro atoms. The zero-order valence-corrected chi connectivity index (χ0v) is 13.1. The van der Waals surface area contributed by atoms with E-state index in [4.69, 9.17) is 0 Å². The normalized spacial score (nSPS) is 12.3. The SMILES string of the molecule is CC(C)c1ccc(C[C@@H](Sc2ccccc2)C(=O)O)cc1. The van der Waals surface area contributed by atoms with E-state index in [1.54, 1.807) is 0 Å². The number of carboxylic acid groups (broad SMARTS) is 1. The molecule has 0 aliphatic carbocycles. The van der Waals surface area contributed by atoms with Crippen LogP contribution in [0.25, 0.3) is 0 Å². The Bertz CT molecular complexity index is 576. The van der Waals surface area contributed by atoms with Crippen molar-refractivity contribution >= 4 is 17.7 Å². The molecular formula is C18H20O2S. The van der Waals surface area contributed by atoms with E-state index in [1.807, 2.05) is 42.5 Å². The van der Waals surface area contributed by atoms with Gasteiger partial charge in [0.05, 0.1) is 0 Å². The highest BCUT2D eigenvalue weighted by atomic mass is 32.2. The minimum absolute atomic E-state index is 0.461. The lowest BCUT2D eigenvalue weighted by atomic mass is 10.0. The van der Waals surface area contributed by atoms with Crippen molar-refractivity contribution in [2.24, 2.45) is 0 Å². The van der Waals surface area contributed by atoms with Crippen molar-refractivity contribution in [1.29, 1.82) is 0 Å². The van der Waals surface area contributed by atoms with Gasteiger partial charge in [0.25, 0.3) is 0 Å². The third-order valence-corrected chi connectivity index (χ3v) is 4.56. The van der Waals surface area contributed by atoms with E-state index in [1.165, 1.54) is 17.3 Å². The van der Waals surface area contributed by atoms with Crippen LogP contribution in [0, 0.1) is 0 Å². The molecule has 0 radical (unpaired) electrons. The number of rotatable bonds is 6. The first-order valence-electron chi connectivity index (χ1n) is 7.09. The molecule has 0 bridgehead atoms. The Morgan fingerprint density at radius 2 is 1.67 bits per heavy atom. The number of carboxylic acids is 1. The van der Waals surface area contributed by atoms with Crippen LogP contribution in [0.1, 0.15) is 30.9 Å². The quantitative estimate of drug-likeness (QED) is 0.792. The van der Waals surface area contributed by atoms with Gasteiger partial charge in [-0.2, -0.15) is 0 Å². The Kier molecular flexibility index (Phi) is 5.45. The molecule has 0 amide bonds. The van der Waals surface area contributed by atoms with Gasteiger partial charge in [-0.3, -0.25) is 4.79 Å². The molecule has 0 fully saturated rings. The smallest absolute Gasteiger partial charge is 0.317 e. The highest BCUT2D eigenvalue weighted by Gasteiger charge is 2.19. The largest absolute Gasteiger partial charge is 0.480 e. The van der Waals surface area contributed by atoms with Crippen LogP contribution in [0.2, 0.25) is 0 Å². The number of hydrogen-bond donors (Lipinski definition) is 1. The maximum absolute atomic E-state index is 11.5. The Balaban J connectivity index is 2.07. The number of benzene rings is 2. The van der Waals surface area contributed by atoms with Crippen LogP contribution in [0.5, 0.6) is 0 Å². The maximum atomic E-state index is 11.5. The summed E-state index contributed by atoms with van der Waals surface area (Å²) in [6, 6.07) is 17.9. The molecule has 0 heterocycles. The van der Waals surface area contributed by atoms with E-state index in [-0.39, 0.29) is 0 Å². The Morgan fingerprint density at radius 1 is 1.05 bits per heavy atom. The fraction of sp³-hybridized carbons (Fsp3) is 0.278. The van der Waals surface area contributed by atoms with E-state index in [0.717, 1.165) is 10.5 Å². The van der Waals surface area contributed by atoms with E-state index in [2.05, 4.69) is 26.0 Å². The average Bonchev–Trinajstić information content (AvgIpc) is 2.48. The summed E-state index contributed by atoms with van der Waals surface area (Å²) in [5.41, 5.74) is 2.34. The summed E-state index contributed by atoms with van der Waals surface area (Å²) in [6.07, 6.45) is 0.535. The highest BCUT2D eigenvalue weighted by molar-refractivity contribution is 8.00. The fourth-order valence-corrected chi connectivity index (χ4v) is 3.11. The van der Waals surface area contributed by atoms with Crippen LogP contribution in [0.15, 0.2) is 59.5 Å². The summed E-state index contributed by atoms with van der Waals surface area (Å²) in [5, 5.41) is 8.96. The standard InChI is InChI=1S/C18H20O2S/c1-13(2)15-10-8-14(9-11-15)12-17(18(19)20)21-16-6-4-3-5-7-16/h3-11,13,17H,12H2,1-2H3,(H,19,20)/t17-/m1/s1. The molecule has 0 aliphatic rings. The van der Waals surface area contributed by atoms with Gasteiger partial charge in [-0.05, 0) is 35.6 Å². The van der Waals surface area contributed by atoms with Gasteiger partial charge in [0.15, 0.2) is 0 Å². The summed E-state index contributed by atoms with van der Waals surface area (Å²) in [7, 11) is 0. The molecule has 0 aliphatic heterocycles. The molecular weight excluding hydrogens is 280 g/mol. The zero-order chi connectivity index (χ0) is 15.2. The van der Waals surface area contributed by atoms with Gasteiger partial charge in [-0.25, -0.2) is 0 Å². The molecule has 3 heteroatoms. The summed E-state index contributed by atoms with van der Waals surface area (Å²) in [4.78, 5) is 12.5. The molecule has 2 rings (SSSR count). The number of thioether (sulfide) groups is 1. The summed E-state index contributed by atoms with van der Waals surface area (Å²) < 4.78 is 0. The van der Waals surface area contributed by atoms with Crippen molar-refractivity contribution in [3.63, 3.8) is 0 Å². The topological polar surface area (TPSA) is 37.3 Å². The van der Waals surface area contributed by atoms with Gasteiger partial charge in [0, 0.05) is 4.90 Å². The predicted molar refractivity (Wildman–Crippen MR) is 88.0 cm³/mol. The molecule has 110 valence electrons. The minimum atomic E-state index is -0.767. The second kappa shape index (κ2) is 7.32. The van der Waals surface area contributed by atoms with Crippen molar-refractivity contribution < 1.29 is 9.90 Å². The second-order valence-corrected chi connectivity index (χ2v) is 6.63. The van der Waals surface area contributed by atoms with Gasteiger partial charge in [-0.15, -0.1) is 11.8 Å². The van der Waals surface area contributed by atoms with Gasteiger partial charge >= 0.3 is 5.97 Å². The average molecular weight is 300 g/mol. The predicted octanol–water partition coefficient (Wildman–Crippen LogP) is 4.60. The van der Waals surface area contributed by atoms with Crippen LogP contribution in [-0.2, 0) is 11.2 Å². The Labute approximate surface area is 130 Å². The van der Waals surface area contributed by atoms with Crippen LogP contribution in [-0.4, -0.2) is 16.3 Å². The van der Waals surface area contributed by atoms with Crippen molar-refractivity contribution in [1.82, 2.24) is 0 Å². The van der Waals surface area contributed by atoms with Crippen LogP contribution >= 0.6 is 11.8 Å². The van der Waals surface area contributed by atoms with E-state index >= 15 is 0 Å². The molecule has 1 N–H and O–H groups in total.